The number of ether oxygens (including phenoxy) is 1. The number of halogens is 3. The van der Waals surface area contributed by atoms with Crippen molar-refractivity contribution in [3.05, 3.63) is 29.3 Å². The maximum Gasteiger partial charge on any atom is 0.289 e. The number of nitrogens with one attached hydrogen (secondary N) is 1. The van der Waals surface area contributed by atoms with Gasteiger partial charge < -0.3 is 15.2 Å². The van der Waals surface area contributed by atoms with Gasteiger partial charge in [0.15, 0.2) is 0 Å². The summed E-state index contributed by atoms with van der Waals surface area (Å²) in [4.78, 5) is 1.72. The van der Waals surface area contributed by atoms with Crippen molar-refractivity contribution in [3.63, 3.8) is 0 Å². The van der Waals surface area contributed by atoms with Gasteiger partial charge in [-0.2, -0.15) is 0 Å². The van der Waals surface area contributed by atoms with Gasteiger partial charge in [-0.05, 0) is 24.1 Å². The number of hydrogen-bond acceptors (Lipinski definition) is 4. The number of alkyl halides is 2. The number of piperazine rings is 1. The summed E-state index contributed by atoms with van der Waals surface area (Å²) >= 11 is 0. The third-order valence-corrected chi connectivity index (χ3v) is 3.88. The molecule has 126 valence electrons. The van der Waals surface area contributed by atoms with Crippen LogP contribution in [0.1, 0.15) is 17.2 Å². The molecule has 4 nitrogen and oxygen atoms in total. The molecule has 2 rings (SSSR count). The Balaban J connectivity index is 0.00000242. The summed E-state index contributed by atoms with van der Waals surface area (Å²) in [5, 5.41) is 12.3. The van der Waals surface area contributed by atoms with Crippen LogP contribution >= 0.6 is 12.4 Å². The summed E-state index contributed by atoms with van der Waals surface area (Å²) in [5.74, 6) is -2.61. The van der Waals surface area contributed by atoms with Crippen molar-refractivity contribution >= 4 is 12.4 Å². The molecule has 1 atom stereocenters. The average molecular weight is 337 g/mol. The van der Waals surface area contributed by atoms with Crippen LogP contribution in [0.15, 0.2) is 18.2 Å². The van der Waals surface area contributed by atoms with Crippen molar-refractivity contribution < 1.29 is 18.6 Å². The monoisotopic (exact) mass is 336 g/mol. The topological polar surface area (TPSA) is 44.7 Å². The highest BCUT2D eigenvalue weighted by molar-refractivity contribution is 5.85. The van der Waals surface area contributed by atoms with Crippen molar-refractivity contribution in [1.82, 2.24) is 10.2 Å². The Labute approximate surface area is 135 Å². The molecule has 1 heterocycles. The number of aliphatic hydroxyl groups excluding tert-OH is 1. The molecule has 22 heavy (non-hydrogen) atoms. The summed E-state index contributed by atoms with van der Waals surface area (Å²) in [7, 11) is 1.52. The molecule has 1 fully saturated rings. The highest BCUT2D eigenvalue weighted by Crippen LogP contribution is 2.38. The van der Waals surface area contributed by atoms with Gasteiger partial charge in [0.1, 0.15) is 18.4 Å². The number of rotatable bonds is 5. The molecule has 0 saturated carbocycles. The maximum absolute atomic E-state index is 14.3. The zero-order valence-electron chi connectivity index (χ0n) is 12.8. The van der Waals surface area contributed by atoms with Crippen LogP contribution in [-0.2, 0) is 0 Å². The van der Waals surface area contributed by atoms with Crippen LogP contribution in [-0.4, -0.2) is 55.8 Å². The molecule has 0 unspecified atom stereocenters. The molecule has 2 N–H and O–H groups in total. The van der Waals surface area contributed by atoms with Crippen molar-refractivity contribution in [2.45, 2.75) is 18.9 Å². The van der Waals surface area contributed by atoms with E-state index in [1.54, 1.807) is 23.1 Å². The lowest BCUT2D eigenvalue weighted by atomic mass is 9.97. The van der Waals surface area contributed by atoms with E-state index >= 15 is 0 Å². The lowest BCUT2D eigenvalue weighted by Gasteiger charge is -2.38. The van der Waals surface area contributed by atoms with E-state index in [0.29, 0.717) is 37.5 Å². The van der Waals surface area contributed by atoms with Crippen molar-refractivity contribution in [2.75, 3.05) is 39.9 Å². The smallest absolute Gasteiger partial charge is 0.289 e. The van der Waals surface area contributed by atoms with E-state index in [0.717, 1.165) is 5.56 Å². The van der Waals surface area contributed by atoms with Crippen molar-refractivity contribution in [1.29, 1.82) is 0 Å². The van der Waals surface area contributed by atoms with Crippen molar-refractivity contribution in [3.8, 4) is 5.75 Å². The van der Waals surface area contributed by atoms with Crippen LogP contribution in [0.4, 0.5) is 8.78 Å². The molecule has 1 aliphatic heterocycles. The molecule has 0 radical (unpaired) electrons. The van der Waals surface area contributed by atoms with Gasteiger partial charge in [0.25, 0.3) is 5.92 Å². The Kier molecular flexibility index (Phi) is 6.99. The van der Waals surface area contributed by atoms with Crippen LogP contribution in [0.2, 0.25) is 0 Å². The van der Waals surface area contributed by atoms with Gasteiger partial charge in [-0.3, -0.25) is 4.90 Å². The summed E-state index contributed by atoms with van der Waals surface area (Å²) < 4.78 is 33.8. The summed E-state index contributed by atoms with van der Waals surface area (Å²) in [6.45, 7) is 3.08. The van der Waals surface area contributed by atoms with E-state index in [1.165, 1.54) is 7.11 Å². The van der Waals surface area contributed by atoms with Gasteiger partial charge in [0.05, 0.1) is 7.11 Å². The third-order valence-electron chi connectivity index (χ3n) is 3.88. The number of nitrogens with zero attached hydrogens (tertiary/aromatic N) is 1. The normalized spacial score (nSPS) is 17.7. The Morgan fingerprint density at radius 2 is 2.00 bits per heavy atom. The highest BCUT2D eigenvalue weighted by Gasteiger charge is 2.44. The molecule has 0 spiro atoms. The fourth-order valence-corrected chi connectivity index (χ4v) is 2.76. The molecule has 1 saturated heterocycles. The van der Waals surface area contributed by atoms with Gasteiger partial charge in [0.2, 0.25) is 0 Å². The number of aryl methyl sites for hydroxylation is 1. The number of methoxy groups -OCH3 is 1. The molecule has 0 bridgehead atoms. The third kappa shape index (κ3) is 4.07. The second kappa shape index (κ2) is 8.06. The minimum absolute atomic E-state index is 0. The Morgan fingerprint density at radius 3 is 2.55 bits per heavy atom. The molecule has 0 amide bonds. The minimum atomic E-state index is -3.20. The first kappa shape index (κ1) is 19.1. The minimum Gasteiger partial charge on any atom is -0.496 e. The molecular formula is C15H23ClF2N2O2. The standard InChI is InChI=1S/C15H22F2N2O2.ClH/c1-11-3-4-12(9-13(11)21-2)14(15(16,17)10-20)19-7-5-18-6-8-19;/h3-4,9,14,18,20H,5-8,10H2,1-2H3;1H/t14-;/m1./s1. The number of hydrogen-bond donors (Lipinski definition) is 2. The predicted octanol–water partition coefficient (Wildman–Crippen LogP) is 2.00. The molecule has 1 aromatic carbocycles. The quantitative estimate of drug-likeness (QED) is 0.863. The summed E-state index contributed by atoms with van der Waals surface area (Å²) in [5.41, 5.74) is 1.37. The highest BCUT2D eigenvalue weighted by atomic mass is 35.5. The van der Waals surface area contributed by atoms with E-state index in [2.05, 4.69) is 5.32 Å². The average Bonchev–Trinajstić information content (AvgIpc) is 2.50. The lowest BCUT2D eigenvalue weighted by molar-refractivity contribution is -0.118. The van der Waals surface area contributed by atoms with Crippen LogP contribution in [0.5, 0.6) is 5.75 Å². The zero-order valence-corrected chi connectivity index (χ0v) is 13.6. The number of aliphatic hydroxyl groups is 1. The second-order valence-electron chi connectivity index (χ2n) is 5.34. The maximum atomic E-state index is 14.3. The van der Waals surface area contributed by atoms with Crippen LogP contribution in [0.25, 0.3) is 0 Å². The summed E-state index contributed by atoms with van der Waals surface area (Å²) in [6, 6.07) is 3.97. The zero-order chi connectivity index (χ0) is 15.5. The summed E-state index contributed by atoms with van der Waals surface area (Å²) in [6.07, 6.45) is 0. The largest absolute Gasteiger partial charge is 0.496 e. The molecular weight excluding hydrogens is 314 g/mol. The number of benzene rings is 1. The van der Waals surface area contributed by atoms with Crippen LogP contribution < -0.4 is 10.1 Å². The molecule has 7 heteroatoms. The van der Waals surface area contributed by atoms with Gasteiger partial charge in [-0.25, -0.2) is 8.78 Å². The van der Waals surface area contributed by atoms with Gasteiger partial charge >= 0.3 is 0 Å². The molecule has 1 aliphatic rings. The van der Waals surface area contributed by atoms with Crippen LogP contribution in [0.3, 0.4) is 0 Å². The fourth-order valence-electron chi connectivity index (χ4n) is 2.76. The molecule has 0 aromatic heterocycles. The second-order valence-corrected chi connectivity index (χ2v) is 5.34. The Hall–Kier alpha value is -0.950. The lowest BCUT2D eigenvalue weighted by Crippen LogP contribution is -2.51. The SMILES string of the molecule is COc1cc([C@@H](N2CCNCC2)C(F)(F)CO)ccc1C.Cl. The van der Waals surface area contributed by atoms with E-state index in [4.69, 9.17) is 9.84 Å². The first-order valence-electron chi connectivity index (χ1n) is 7.07. The van der Waals surface area contributed by atoms with E-state index in [-0.39, 0.29) is 12.4 Å². The van der Waals surface area contributed by atoms with Crippen molar-refractivity contribution in [2.24, 2.45) is 0 Å². The fraction of sp³-hybridized carbons (Fsp3) is 0.600. The van der Waals surface area contributed by atoms with Crippen LogP contribution in [0, 0.1) is 6.92 Å². The van der Waals surface area contributed by atoms with E-state index in [9.17, 15) is 8.78 Å². The Bertz CT molecular complexity index is 483. The first-order valence-corrected chi connectivity index (χ1v) is 7.07. The molecule has 1 aromatic rings. The van der Waals surface area contributed by atoms with E-state index in [1.807, 2.05) is 6.92 Å². The van der Waals surface area contributed by atoms with Gasteiger partial charge in [-0.1, -0.05) is 12.1 Å². The Morgan fingerprint density at radius 1 is 1.36 bits per heavy atom. The van der Waals surface area contributed by atoms with E-state index < -0.39 is 18.6 Å². The molecule has 0 aliphatic carbocycles. The predicted molar refractivity (Wildman–Crippen MR) is 84.2 cm³/mol. The van der Waals surface area contributed by atoms with Gasteiger partial charge in [0, 0.05) is 26.2 Å². The first-order chi connectivity index (χ1) is 9.99. The van der Waals surface area contributed by atoms with Gasteiger partial charge in [-0.15, -0.1) is 12.4 Å².